The van der Waals surface area contributed by atoms with Gasteiger partial charge in [0.05, 0.1) is 24.0 Å². The summed E-state index contributed by atoms with van der Waals surface area (Å²) >= 11 is 6.12. The first-order valence-corrected chi connectivity index (χ1v) is 11.3. The average Bonchev–Trinajstić information content (AvgIpc) is 3.00. The molecule has 1 atom stereocenters. The second kappa shape index (κ2) is 10.4. The van der Waals surface area contributed by atoms with Gasteiger partial charge in [0.15, 0.2) is 5.78 Å². The molecule has 0 radical (unpaired) electrons. The van der Waals surface area contributed by atoms with Crippen molar-refractivity contribution in [2.45, 2.75) is 25.8 Å². The van der Waals surface area contributed by atoms with Gasteiger partial charge in [0.2, 0.25) is 0 Å². The van der Waals surface area contributed by atoms with Crippen molar-refractivity contribution in [3.8, 4) is 0 Å². The van der Waals surface area contributed by atoms with Gasteiger partial charge in [-0.05, 0) is 36.2 Å². The lowest BCUT2D eigenvalue weighted by molar-refractivity contribution is 0.104. The number of hydrogen-bond acceptors (Lipinski definition) is 4. The SMILES string of the molecule is CCCOC(=O)N1c2ccccc2N/C(=C/C(=O)c2ccccc2)CC1c1ccc(Cl)cc1. The maximum atomic E-state index is 13.2. The average molecular weight is 461 g/mol. The van der Waals surface area contributed by atoms with Crippen LogP contribution in [0.5, 0.6) is 0 Å². The van der Waals surface area contributed by atoms with Crippen molar-refractivity contribution in [2.75, 3.05) is 16.8 Å². The smallest absolute Gasteiger partial charge is 0.414 e. The number of ketones is 1. The maximum Gasteiger partial charge on any atom is 0.414 e. The number of ether oxygens (including phenoxy) is 1. The summed E-state index contributed by atoms with van der Waals surface area (Å²) < 4.78 is 5.55. The Kier molecular flexibility index (Phi) is 7.10. The Balaban J connectivity index is 1.80. The van der Waals surface area contributed by atoms with Crippen LogP contribution in [0.1, 0.15) is 41.7 Å². The van der Waals surface area contributed by atoms with Crippen LogP contribution in [0, 0.1) is 0 Å². The van der Waals surface area contributed by atoms with Gasteiger partial charge >= 0.3 is 6.09 Å². The molecule has 4 rings (SSSR count). The van der Waals surface area contributed by atoms with E-state index in [-0.39, 0.29) is 5.78 Å². The molecule has 1 aliphatic heterocycles. The lowest BCUT2D eigenvalue weighted by atomic mass is 9.99. The minimum atomic E-state index is -0.429. The molecule has 1 heterocycles. The van der Waals surface area contributed by atoms with Crippen LogP contribution in [0.2, 0.25) is 5.02 Å². The molecule has 0 spiro atoms. The highest BCUT2D eigenvalue weighted by Gasteiger charge is 2.33. The van der Waals surface area contributed by atoms with E-state index < -0.39 is 12.1 Å². The van der Waals surface area contributed by atoms with Crippen molar-refractivity contribution >= 4 is 34.9 Å². The fourth-order valence-corrected chi connectivity index (χ4v) is 3.98. The molecular weight excluding hydrogens is 436 g/mol. The summed E-state index contributed by atoms with van der Waals surface area (Å²) in [4.78, 5) is 27.8. The molecule has 5 nitrogen and oxygen atoms in total. The molecule has 168 valence electrons. The number of benzene rings is 3. The number of rotatable bonds is 5. The van der Waals surface area contributed by atoms with E-state index in [1.165, 1.54) is 0 Å². The van der Waals surface area contributed by atoms with Gasteiger partial charge in [-0.1, -0.05) is 73.1 Å². The van der Waals surface area contributed by atoms with Crippen LogP contribution in [0.25, 0.3) is 0 Å². The van der Waals surface area contributed by atoms with E-state index in [1.54, 1.807) is 35.2 Å². The van der Waals surface area contributed by atoms with Crippen molar-refractivity contribution in [2.24, 2.45) is 0 Å². The molecule has 0 fully saturated rings. The molecule has 1 aliphatic rings. The Morgan fingerprint density at radius 1 is 1.03 bits per heavy atom. The maximum absolute atomic E-state index is 13.2. The van der Waals surface area contributed by atoms with Gasteiger partial charge in [0.25, 0.3) is 0 Å². The zero-order valence-corrected chi connectivity index (χ0v) is 19.1. The van der Waals surface area contributed by atoms with Gasteiger partial charge in [0.1, 0.15) is 0 Å². The Labute approximate surface area is 198 Å². The van der Waals surface area contributed by atoms with E-state index >= 15 is 0 Å². The molecule has 0 bridgehead atoms. The van der Waals surface area contributed by atoms with E-state index in [4.69, 9.17) is 16.3 Å². The third kappa shape index (κ3) is 5.26. The third-order valence-corrected chi connectivity index (χ3v) is 5.68. The minimum absolute atomic E-state index is 0.104. The number of carbonyl (C=O) groups excluding carboxylic acids is 2. The Morgan fingerprint density at radius 3 is 2.45 bits per heavy atom. The van der Waals surface area contributed by atoms with E-state index in [0.29, 0.717) is 35.0 Å². The Hall–Kier alpha value is -3.57. The van der Waals surface area contributed by atoms with Crippen LogP contribution in [0.3, 0.4) is 0 Å². The van der Waals surface area contributed by atoms with E-state index in [1.807, 2.05) is 61.5 Å². The molecule has 33 heavy (non-hydrogen) atoms. The number of nitrogens with one attached hydrogen (secondary N) is 1. The Bertz CT molecular complexity index is 1160. The lowest BCUT2D eigenvalue weighted by Gasteiger charge is -2.30. The molecule has 0 saturated heterocycles. The van der Waals surface area contributed by atoms with Gasteiger partial charge in [-0.3, -0.25) is 9.69 Å². The molecule has 1 unspecified atom stereocenters. The number of fused-ring (bicyclic) bond motifs is 1. The van der Waals surface area contributed by atoms with Crippen molar-refractivity contribution in [1.82, 2.24) is 0 Å². The fraction of sp³-hybridized carbons (Fsp3) is 0.185. The number of nitrogens with zero attached hydrogens (tertiary/aromatic N) is 1. The van der Waals surface area contributed by atoms with Gasteiger partial charge in [0, 0.05) is 28.8 Å². The third-order valence-electron chi connectivity index (χ3n) is 5.43. The van der Waals surface area contributed by atoms with E-state index in [9.17, 15) is 9.59 Å². The quantitative estimate of drug-likeness (QED) is 0.328. The first kappa shape index (κ1) is 22.6. The van der Waals surface area contributed by atoms with Crippen molar-refractivity contribution in [3.63, 3.8) is 0 Å². The van der Waals surface area contributed by atoms with Gasteiger partial charge in [-0.25, -0.2) is 4.79 Å². The molecular formula is C27H25ClN2O3. The summed E-state index contributed by atoms with van der Waals surface area (Å²) in [6.07, 6.45) is 2.30. The largest absolute Gasteiger partial charge is 0.449 e. The highest BCUT2D eigenvalue weighted by Crippen LogP contribution is 2.41. The molecule has 0 saturated carbocycles. The van der Waals surface area contributed by atoms with E-state index in [2.05, 4.69) is 5.32 Å². The fourth-order valence-electron chi connectivity index (χ4n) is 3.86. The predicted octanol–water partition coefficient (Wildman–Crippen LogP) is 7.02. The van der Waals surface area contributed by atoms with Crippen molar-refractivity contribution in [1.29, 1.82) is 0 Å². The number of para-hydroxylation sites is 2. The lowest BCUT2D eigenvalue weighted by Crippen LogP contribution is -2.35. The van der Waals surface area contributed by atoms with E-state index in [0.717, 1.165) is 17.7 Å². The van der Waals surface area contributed by atoms with Crippen LogP contribution in [-0.4, -0.2) is 18.5 Å². The summed E-state index contributed by atoms with van der Waals surface area (Å²) in [7, 11) is 0. The number of allylic oxidation sites excluding steroid dienone is 1. The van der Waals surface area contributed by atoms with Crippen molar-refractivity contribution in [3.05, 3.63) is 107 Å². The molecule has 1 amide bonds. The first-order chi connectivity index (χ1) is 16.1. The summed E-state index contributed by atoms with van der Waals surface area (Å²) in [6.45, 7) is 2.28. The Morgan fingerprint density at radius 2 is 1.73 bits per heavy atom. The summed E-state index contributed by atoms with van der Waals surface area (Å²) in [5.41, 5.74) is 3.63. The molecule has 0 aliphatic carbocycles. The van der Waals surface area contributed by atoms with Crippen LogP contribution < -0.4 is 10.2 Å². The second-order valence-corrected chi connectivity index (χ2v) is 8.23. The summed E-state index contributed by atoms with van der Waals surface area (Å²) in [5, 5.41) is 3.99. The standard InChI is InChI=1S/C27H25ClN2O3/c1-2-16-33-27(32)30-24-11-7-6-10-23(24)29-22(18-26(31)20-8-4-3-5-9-20)17-25(30)19-12-14-21(28)15-13-19/h3-15,18,25,29H,2,16-17H2,1H3/b22-18+. The van der Waals surface area contributed by atoms with Crippen molar-refractivity contribution < 1.29 is 14.3 Å². The number of amides is 1. The molecule has 3 aromatic rings. The number of anilines is 2. The number of carbonyl (C=O) groups is 2. The minimum Gasteiger partial charge on any atom is -0.449 e. The summed E-state index contributed by atoms with van der Waals surface area (Å²) in [5.74, 6) is -0.104. The zero-order chi connectivity index (χ0) is 23.2. The van der Waals surface area contributed by atoms with Gasteiger partial charge < -0.3 is 10.1 Å². The molecule has 6 heteroatoms. The van der Waals surface area contributed by atoms with Gasteiger partial charge in [-0.15, -0.1) is 0 Å². The number of hydrogen-bond donors (Lipinski definition) is 1. The summed E-state index contributed by atoms with van der Waals surface area (Å²) in [6, 6.07) is 23.7. The first-order valence-electron chi connectivity index (χ1n) is 10.9. The number of halogens is 1. The molecule has 1 N–H and O–H groups in total. The topological polar surface area (TPSA) is 58.6 Å². The molecule has 3 aromatic carbocycles. The van der Waals surface area contributed by atoms with Crippen LogP contribution >= 0.6 is 11.6 Å². The normalized spacial score (nSPS) is 16.5. The van der Waals surface area contributed by atoms with Crippen LogP contribution in [0.4, 0.5) is 16.2 Å². The van der Waals surface area contributed by atoms with Crippen LogP contribution in [0.15, 0.2) is 90.6 Å². The highest BCUT2D eigenvalue weighted by molar-refractivity contribution is 6.30. The zero-order valence-electron chi connectivity index (χ0n) is 18.3. The van der Waals surface area contributed by atoms with Crippen LogP contribution in [-0.2, 0) is 4.74 Å². The predicted molar refractivity (Wildman–Crippen MR) is 132 cm³/mol. The second-order valence-electron chi connectivity index (χ2n) is 7.80. The monoisotopic (exact) mass is 460 g/mol. The highest BCUT2D eigenvalue weighted by atomic mass is 35.5. The molecule has 0 aromatic heterocycles. The van der Waals surface area contributed by atoms with Gasteiger partial charge in [-0.2, -0.15) is 0 Å².